The van der Waals surface area contributed by atoms with Crippen LogP contribution >= 0.6 is 27.5 Å². The Morgan fingerprint density at radius 2 is 2.28 bits per heavy atom. The van der Waals surface area contributed by atoms with Crippen LogP contribution in [0.4, 0.5) is 0 Å². The van der Waals surface area contributed by atoms with E-state index in [2.05, 4.69) is 15.9 Å². The van der Waals surface area contributed by atoms with Crippen LogP contribution < -0.4 is 5.73 Å². The summed E-state index contributed by atoms with van der Waals surface area (Å²) in [6.45, 7) is 0.511. The number of likely N-dealkylation sites (N-methyl/N-ethyl adjacent to an activating group) is 1. The molecule has 1 unspecified atom stereocenters. The van der Waals surface area contributed by atoms with Gasteiger partial charge in [-0.15, -0.1) is 0 Å². The first-order valence-corrected chi connectivity index (χ1v) is 7.14. The normalized spacial score (nSPS) is 16.4. The lowest BCUT2D eigenvalue weighted by molar-refractivity contribution is 0.0718. The number of rotatable bonds is 4. The zero-order valence-corrected chi connectivity index (χ0v) is 12.5. The Morgan fingerprint density at radius 3 is 2.78 bits per heavy atom. The highest BCUT2D eigenvalue weighted by Gasteiger charge is 2.35. The highest BCUT2D eigenvalue weighted by Crippen LogP contribution is 2.35. The molecule has 1 aromatic rings. The standard InChI is InChI=1S/C13H16BrClN2O/c1-17(12(7-16)8-2-3-8)13(18)9-4-5-10(14)11(15)6-9/h4-6,8,12H,2-3,7,16H2,1H3. The van der Waals surface area contributed by atoms with Crippen molar-refractivity contribution in [2.24, 2.45) is 11.7 Å². The number of carbonyl (C=O) groups is 1. The Labute approximate surface area is 120 Å². The number of benzene rings is 1. The van der Waals surface area contributed by atoms with Crippen LogP contribution in [0.1, 0.15) is 23.2 Å². The van der Waals surface area contributed by atoms with Crippen molar-refractivity contribution in [1.82, 2.24) is 4.90 Å². The van der Waals surface area contributed by atoms with Crippen LogP contribution in [0.2, 0.25) is 5.02 Å². The van der Waals surface area contributed by atoms with Crippen molar-refractivity contribution in [1.29, 1.82) is 0 Å². The Balaban J connectivity index is 2.16. The largest absolute Gasteiger partial charge is 0.337 e. The van der Waals surface area contributed by atoms with Crippen molar-refractivity contribution in [2.75, 3.05) is 13.6 Å². The monoisotopic (exact) mass is 330 g/mol. The van der Waals surface area contributed by atoms with E-state index in [4.69, 9.17) is 17.3 Å². The number of carbonyl (C=O) groups excluding carboxylic acids is 1. The second kappa shape index (κ2) is 5.59. The number of nitrogens with zero attached hydrogens (tertiary/aromatic N) is 1. The Morgan fingerprint density at radius 1 is 1.61 bits per heavy atom. The minimum atomic E-state index is -0.0215. The number of amides is 1. The molecule has 18 heavy (non-hydrogen) atoms. The van der Waals surface area contributed by atoms with Gasteiger partial charge in [0.1, 0.15) is 0 Å². The molecule has 0 aromatic heterocycles. The summed E-state index contributed by atoms with van der Waals surface area (Å²) in [6.07, 6.45) is 2.33. The van der Waals surface area contributed by atoms with Crippen LogP contribution in [0.5, 0.6) is 0 Å². The van der Waals surface area contributed by atoms with Crippen molar-refractivity contribution in [3.63, 3.8) is 0 Å². The van der Waals surface area contributed by atoms with Gasteiger partial charge in [0.05, 0.1) is 5.02 Å². The summed E-state index contributed by atoms with van der Waals surface area (Å²) in [7, 11) is 1.81. The van der Waals surface area contributed by atoms with Crippen molar-refractivity contribution < 1.29 is 4.79 Å². The van der Waals surface area contributed by atoms with Gasteiger partial charge >= 0.3 is 0 Å². The summed E-state index contributed by atoms with van der Waals surface area (Å²) in [5.74, 6) is 0.543. The van der Waals surface area contributed by atoms with Crippen LogP contribution in [0.3, 0.4) is 0 Å². The van der Waals surface area contributed by atoms with E-state index in [1.54, 1.807) is 23.1 Å². The van der Waals surface area contributed by atoms with E-state index in [0.717, 1.165) is 4.47 Å². The lowest BCUT2D eigenvalue weighted by Crippen LogP contribution is -2.43. The van der Waals surface area contributed by atoms with Crippen molar-refractivity contribution >= 4 is 33.4 Å². The molecule has 0 aliphatic heterocycles. The van der Waals surface area contributed by atoms with E-state index < -0.39 is 0 Å². The predicted molar refractivity (Wildman–Crippen MR) is 76.8 cm³/mol. The molecule has 0 saturated heterocycles. The van der Waals surface area contributed by atoms with Crippen molar-refractivity contribution in [3.05, 3.63) is 33.3 Å². The van der Waals surface area contributed by atoms with Gasteiger partial charge in [-0.1, -0.05) is 11.6 Å². The molecule has 1 aromatic carbocycles. The topological polar surface area (TPSA) is 46.3 Å². The van der Waals surface area contributed by atoms with Crippen LogP contribution in [-0.2, 0) is 0 Å². The first-order valence-electron chi connectivity index (χ1n) is 5.97. The van der Waals surface area contributed by atoms with Crippen LogP contribution in [0.25, 0.3) is 0 Å². The molecule has 3 nitrogen and oxygen atoms in total. The lowest BCUT2D eigenvalue weighted by Gasteiger charge is -2.27. The minimum Gasteiger partial charge on any atom is -0.337 e. The highest BCUT2D eigenvalue weighted by atomic mass is 79.9. The number of hydrogen-bond donors (Lipinski definition) is 1. The van der Waals surface area contributed by atoms with E-state index in [-0.39, 0.29) is 11.9 Å². The van der Waals surface area contributed by atoms with Crippen LogP contribution in [-0.4, -0.2) is 30.4 Å². The number of hydrogen-bond acceptors (Lipinski definition) is 2. The Bertz CT molecular complexity index is 462. The molecule has 1 fully saturated rings. The van der Waals surface area contributed by atoms with Crippen molar-refractivity contribution in [2.45, 2.75) is 18.9 Å². The average molecular weight is 332 g/mol. The van der Waals surface area contributed by atoms with E-state index in [9.17, 15) is 4.79 Å². The fraction of sp³-hybridized carbons (Fsp3) is 0.462. The molecule has 0 heterocycles. The fourth-order valence-corrected chi connectivity index (χ4v) is 2.56. The highest BCUT2D eigenvalue weighted by molar-refractivity contribution is 9.10. The molecule has 98 valence electrons. The lowest BCUT2D eigenvalue weighted by atomic mass is 10.1. The molecule has 1 amide bonds. The maximum absolute atomic E-state index is 12.3. The van der Waals surface area contributed by atoms with Gasteiger partial charge < -0.3 is 10.6 Å². The number of nitrogens with two attached hydrogens (primary N) is 1. The average Bonchev–Trinajstić information content (AvgIpc) is 3.17. The third kappa shape index (κ3) is 2.87. The van der Waals surface area contributed by atoms with E-state index in [1.807, 2.05) is 7.05 Å². The maximum atomic E-state index is 12.3. The molecular formula is C13H16BrClN2O. The molecule has 1 atom stereocenters. The van der Waals surface area contributed by atoms with Crippen LogP contribution in [0, 0.1) is 5.92 Å². The summed E-state index contributed by atoms with van der Waals surface area (Å²) in [5, 5.41) is 0.546. The third-order valence-electron chi connectivity index (χ3n) is 3.39. The van der Waals surface area contributed by atoms with Gasteiger partial charge in [0.25, 0.3) is 5.91 Å². The third-order valence-corrected chi connectivity index (χ3v) is 4.62. The Kier molecular flexibility index (Phi) is 4.30. The van der Waals surface area contributed by atoms with E-state index in [0.29, 0.717) is 23.0 Å². The maximum Gasteiger partial charge on any atom is 0.253 e. The van der Waals surface area contributed by atoms with Gasteiger partial charge in [-0.25, -0.2) is 0 Å². The summed E-state index contributed by atoms with van der Waals surface area (Å²) in [4.78, 5) is 14.1. The second-order valence-corrected chi connectivity index (χ2v) is 5.95. The SMILES string of the molecule is CN(C(=O)c1ccc(Br)c(Cl)c1)C(CN)C1CC1. The molecule has 0 radical (unpaired) electrons. The fourth-order valence-electron chi connectivity index (χ4n) is 2.13. The van der Waals surface area contributed by atoms with Gasteiger partial charge in [-0.3, -0.25) is 4.79 Å². The first kappa shape index (κ1) is 13.8. The van der Waals surface area contributed by atoms with E-state index in [1.165, 1.54) is 12.8 Å². The summed E-state index contributed by atoms with van der Waals surface area (Å²) in [6, 6.07) is 5.39. The summed E-state index contributed by atoms with van der Waals surface area (Å²) < 4.78 is 0.793. The molecule has 5 heteroatoms. The zero-order valence-electron chi connectivity index (χ0n) is 10.2. The molecule has 1 aliphatic carbocycles. The molecule has 1 saturated carbocycles. The minimum absolute atomic E-state index is 0.0215. The van der Waals surface area contributed by atoms with Gasteiger partial charge in [0.15, 0.2) is 0 Å². The zero-order chi connectivity index (χ0) is 13.3. The summed E-state index contributed by atoms with van der Waals surface area (Å²) in [5.41, 5.74) is 6.36. The van der Waals surface area contributed by atoms with Crippen molar-refractivity contribution in [3.8, 4) is 0 Å². The molecule has 1 aliphatic rings. The molecule has 2 N–H and O–H groups in total. The van der Waals surface area contributed by atoms with E-state index >= 15 is 0 Å². The second-order valence-electron chi connectivity index (χ2n) is 4.69. The predicted octanol–water partition coefficient (Wildman–Crippen LogP) is 2.91. The quantitative estimate of drug-likeness (QED) is 0.922. The molecule has 0 spiro atoms. The Hall–Kier alpha value is -0.580. The van der Waals surface area contributed by atoms with Crippen LogP contribution in [0.15, 0.2) is 22.7 Å². The molecule has 2 rings (SSSR count). The number of halogens is 2. The first-order chi connectivity index (χ1) is 8.54. The van der Waals surface area contributed by atoms with Gasteiger partial charge in [-0.2, -0.15) is 0 Å². The molecule has 0 bridgehead atoms. The smallest absolute Gasteiger partial charge is 0.253 e. The van der Waals surface area contributed by atoms with Gasteiger partial charge in [-0.05, 0) is 52.9 Å². The summed E-state index contributed by atoms with van der Waals surface area (Å²) >= 11 is 9.32. The van der Waals surface area contributed by atoms with Gasteiger partial charge in [0, 0.05) is 29.7 Å². The van der Waals surface area contributed by atoms with Gasteiger partial charge in [0.2, 0.25) is 0 Å². The molecular weight excluding hydrogens is 316 g/mol.